The number of ketones is 11. The molecule has 0 aromatic rings. The maximum Gasteiger partial charge on any atom is 0.303 e. The van der Waals surface area contributed by atoms with Crippen molar-refractivity contribution in [1.29, 1.82) is 0 Å². The Morgan fingerprint density at radius 3 is 0.991 bits per heavy atom. The molecule has 0 radical (unpaired) electrons. The summed E-state index contributed by atoms with van der Waals surface area (Å²) in [6, 6.07) is -2.15. The Hall–Kier alpha value is -7.78. The fourth-order valence-electron chi connectivity index (χ4n) is 8.28. The van der Waals surface area contributed by atoms with Gasteiger partial charge in [0, 0.05) is 107 Å². The Bertz CT molecular complexity index is 2660. The molecular weight excluding hydrogens is 1460 g/mol. The molecule has 0 rings (SSSR count). The number of likely N-dealkylation sites (N-methyl/N-ethyl adjacent to an activating group) is 6. The van der Waals surface area contributed by atoms with E-state index in [-0.39, 0.29) is 209 Å². The van der Waals surface area contributed by atoms with Crippen molar-refractivity contribution in [3.05, 3.63) is 0 Å². The second-order valence-electron chi connectivity index (χ2n) is 25.8. The molecule has 0 aromatic heterocycles. The molecule has 13 N–H and O–H groups in total. The van der Waals surface area contributed by atoms with Crippen molar-refractivity contribution in [2.75, 3.05) is 128 Å². The van der Waals surface area contributed by atoms with Crippen molar-refractivity contribution < 1.29 is 136 Å². The Balaban J connectivity index is -0.000000229. The fourth-order valence-corrected chi connectivity index (χ4v) is 8.28. The number of ether oxygens (including phenoxy) is 5. The summed E-state index contributed by atoms with van der Waals surface area (Å²) in [6.45, 7) is 25.2. The summed E-state index contributed by atoms with van der Waals surface area (Å²) in [7, 11) is 10.2. The lowest BCUT2D eigenvalue weighted by atomic mass is 9.95. The number of amides is 2. The zero-order chi connectivity index (χ0) is 87.0. The molecule has 0 unspecified atom stereocenters. The highest BCUT2D eigenvalue weighted by Crippen LogP contribution is 2.13. The van der Waals surface area contributed by atoms with Crippen LogP contribution in [0.15, 0.2) is 0 Å². The van der Waals surface area contributed by atoms with Crippen LogP contribution in [0.1, 0.15) is 192 Å². The van der Waals surface area contributed by atoms with E-state index < -0.39 is 59.9 Å². The van der Waals surface area contributed by atoms with Gasteiger partial charge < -0.3 is 96.5 Å². The highest BCUT2D eigenvalue weighted by atomic mass is 16.5. The number of carboxylic acids is 5. The van der Waals surface area contributed by atoms with Crippen LogP contribution in [-0.4, -0.2) is 289 Å². The van der Waals surface area contributed by atoms with Gasteiger partial charge in [0.25, 0.3) is 0 Å². The first-order chi connectivity index (χ1) is 51.9. The molecule has 0 heterocycles. The Morgan fingerprint density at radius 2 is 0.676 bits per heavy atom. The minimum Gasteiger partial charge on any atom is -0.481 e. The quantitative estimate of drug-likeness (QED) is 0.0389. The molecule has 0 aliphatic rings. The van der Waals surface area contributed by atoms with Gasteiger partial charge in [0.1, 0.15) is 52.9 Å². The lowest BCUT2D eigenvalue weighted by molar-refractivity contribution is -0.139. The Kier molecular flexibility index (Phi) is 81.4. The van der Waals surface area contributed by atoms with Gasteiger partial charge in [-0.05, 0) is 136 Å². The summed E-state index contributed by atoms with van der Waals surface area (Å²) in [5.74, 6) is -7.09. The molecule has 2 amide bonds. The van der Waals surface area contributed by atoms with Gasteiger partial charge in [0.2, 0.25) is 11.8 Å². The van der Waals surface area contributed by atoms with Gasteiger partial charge in [-0.3, -0.25) is 81.5 Å². The molecule has 0 aliphatic heterocycles. The van der Waals surface area contributed by atoms with Gasteiger partial charge >= 0.3 is 29.8 Å². The first kappa shape index (κ1) is 116. The van der Waals surface area contributed by atoms with Crippen LogP contribution in [0.3, 0.4) is 0 Å². The Morgan fingerprint density at radius 1 is 0.342 bits per heavy atom. The largest absolute Gasteiger partial charge is 0.481 e. The van der Waals surface area contributed by atoms with Crippen LogP contribution in [0.5, 0.6) is 0 Å². The number of aliphatic carboxylic acids is 5. The third kappa shape index (κ3) is 83.0. The number of hydrogen-bond acceptors (Lipinski definition) is 29. The minimum atomic E-state index is -0.942. The molecule has 9 atom stereocenters. The van der Waals surface area contributed by atoms with E-state index in [9.17, 15) is 86.3 Å². The molecule has 0 aliphatic carbocycles. The van der Waals surface area contributed by atoms with Crippen molar-refractivity contribution in [2.24, 2.45) is 23.7 Å². The zero-order valence-corrected chi connectivity index (χ0v) is 69.0. The van der Waals surface area contributed by atoms with E-state index in [1.807, 2.05) is 14.1 Å². The molecule has 0 fully saturated rings. The number of carboxylic acid groups (broad SMARTS) is 5. The summed E-state index contributed by atoms with van der Waals surface area (Å²) in [4.78, 5) is 197. The maximum atomic E-state index is 11.8. The number of nitrogens with one attached hydrogen (secondary N) is 8. The Labute approximate surface area is 655 Å². The lowest BCUT2D eigenvalue weighted by Crippen LogP contribution is -2.37. The van der Waals surface area contributed by atoms with Gasteiger partial charge in [0.05, 0.1) is 96.2 Å². The number of rotatable bonds is 61. The number of carbonyl (C=O) groups excluding carboxylic acids is 13. The van der Waals surface area contributed by atoms with Crippen LogP contribution < -0.4 is 42.5 Å². The molecule has 0 saturated heterocycles. The lowest BCUT2D eigenvalue weighted by Gasteiger charge is -2.15. The van der Waals surface area contributed by atoms with Crippen LogP contribution in [0.25, 0.3) is 0 Å². The van der Waals surface area contributed by atoms with E-state index in [4.69, 9.17) is 49.2 Å². The van der Waals surface area contributed by atoms with Crippen molar-refractivity contribution in [3.63, 3.8) is 0 Å². The minimum absolute atomic E-state index is 0.0197. The fraction of sp³-hybridized carbons (Fsp3) is 0.760. The smallest absolute Gasteiger partial charge is 0.303 e. The zero-order valence-electron chi connectivity index (χ0n) is 69.0. The van der Waals surface area contributed by atoms with Crippen molar-refractivity contribution in [3.8, 4) is 0 Å². The second kappa shape index (κ2) is 77.5. The van der Waals surface area contributed by atoms with Gasteiger partial charge in [0.15, 0.2) is 17.3 Å². The molecule has 0 aromatic carbocycles. The molecule has 0 spiro atoms. The normalized spacial score (nSPS) is 12.8. The highest BCUT2D eigenvalue weighted by molar-refractivity contribution is 5.92. The van der Waals surface area contributed by atoms with Crippen LogP contribution in [0.2, 0.25) is 0 Å². The number of carbonyl (C=O) groups is 18. The third-order valence-electron chi connectivity index (χ3n) is 15.9. The van der Waals surface area contributed by atoms with E-state index in [1.165, 1.54) is 48.5 Å². The predicted molar refractivity (Wildman–Crippen MR) is 412 cm³/mol. The number of hydrogen-bond donors (Lipinski definition) is 13. The topological polar surface area (TPSA) is 551 Å². The highest BCUT2D eigenvalue weighted by Gasteiger charge is 2.25. The first-order valence-corrected chi connectivity index (χ1v) is 37.1. The van der Waals surface area contributed by atoms with Gasteiger partial charge in [-0.25, -0.2) is 0 Å². The molecule has 111 heavy (non-hydrogen) atoms. The van der Waals surface area contributed by atoms with Gasteiger partial charge in [-0.1, -0.05) is 27.7 Å². The standard InChI is InChI=1S/C14H23NO5.C12H24N2O4.2C11H19NO4.C10H17NO4.C10H21NO4.C7H13NO3/c1-4-11(5-6-13(18)19)14(20)15-8-12(17)7-9(2)10(3)16;1-10(11(2)15)14-12(16)4-6-17-8-9-18-7-5-13-3;2*1-7(8(2)13)6-10(14)9(12-3)4-5-11(15)16;1-7(12)3-5-9(13)8(11-2)4-6-10(14)15;1-10(12)9-15-8-7-14-6-5-13-4-3-11-2;1-5(9)6(8-2)3-4-7(10)11/h9,11H,4-8H2,1-3H3,(H,15,20)(H,18,19);10,13H,4-9H2,1-3H3,(H,14,16);2*7,9,12H,4-6H2,1-3H3,(H,15,16);8,11H,3-6H2,1-2H3,(H,14,15);11H,3-9H2,1-2H3;6,8H,3-4H2,1-2H3,(H,10,11)/t9-,11-;10-;7-,9+;7-,9-;8-;;6-/m01111.0/s1. The maximum absolute atomic E-state index is 11.8. The van der Waals surface area contributed by atoms with E-state index in [0.717, 1.165) is 13.1 Å². The van der Waals surface area contributed by atoms with Gasteiger partial charge in [-0.2, -0.15) is 0 Å². The van der Waals surface area contributed by atoms with Crippen LogP contribution in [0.4, 0.5) is 0 Å². The average Bonchev–Trinajstić information content (AvgIpc) is 0.897. The molecule has 0 bridgehead atoms. The summed E-state index contributed by atoms with van der Waals surface area (Å²) >= 11 is 0. The average molecular weight is 1600 g/mol. The molecule has 644 valence electrons. The molecular formula is C75H136N8O28. The summed E-state index contributed by atoms with van der Waals surface area (Å²) in [6.07, 6.45) is 2.86. The number of Topliss-reactive ketones (excluding diaryl/α,β-unsaturated/α-hetero) is 11. The molecule has 0 saturated carbocycles. The summed E-state index contributed by atoms with van der Waals surface area (Å²) in [5, 5.41) is 64.5. The SMILES string of the molecule is CC[C@@H](CCC(=O)O)C(=O)NCC(=O)C[C@H](C)C(C)=O.CNCCOCCOCCC(=O)N[C@H](C)C(C)=O.CNCCOCCOCCOCC(C)=O.CN[C@@H](CCC(=O)O)C(=O)C[C@@H](C)C(C)=O.CN[C@@H](CCC(=O)O)C(C)=O.CN[C@H](CCC(=O)O)C(=O)CCC(C)=O.CN[C@H](CCC(=O)O)C(=O)C[C@@H](C)C(C)=O. The van der Waals surface area contributed by atoms with Crippen LogP contribution in [-0.2, 0) is 110 Å². The van der Waals surface area contributed by atoms with Crippen LogP contribution >= 0.6 is 0 Å². The monoisotopic (exact) mass is 1600 g/mol. The van der Waals surface area contributed by atoms with E-state index in [2.05, 4.69) is 42.5 Å². The van der Waals surface area contributed by atoms with E-state index in [1.54, 1.807) is 62.8 Å². The van der Waals surface area contributed by atoms with Crippen LogP contribution in [0, 0.1) is 23.7 Å². The second-order valence-corrected chi connectivity index (χ2v) is 25.8. The molecule has 36 heteroatoms. The summed E-state index contributed by atoms with van der Waals surface area (Å²) < 4.78 is 25.9. The first-order valence-electron chi connectivity index (χ1n) is 37.1. The third-order valence-corrected chi connectivity index (χ3v) is 15.9. The van der Waals surface area contributed by atoms with E-state index in [0.29, 0.717) is 72.3 Å². The predicted octanol–water partition coefficient (Wildman–Crippen LogP) is 2.40. The van der Waals surface area contributed by atoms with Crippen molar-refractivity contribution >= 4 is 105 Å². The van der Waals surface area contributed by atoms with Crippen molar-refractivity contribution in [1.82, 2.24) is 42.5 Å². The molecule has 36 nitrogen and oxygen atoms in total. The van der Waals surface area contributed by atoms with Crippen molar-refractivity contribution in [2.45, 2.75) is 222 Å². The van der Waals surface area contributed by atoms with E-state index >= 15 is 0 Å². The summed E-state index contributed by atoms with van der Waals surface area (Å²) in [5.41, 5.74) is 0. The van der Waals surface area contributed by atoms with Gasteiger partial charge in [-0.15, -0.1) is 0 Å².